The maximum atomic E-state index is 13.8. The fourth-order valence-corrected chi connectivity index (χ4v) is 8.77. The van der Waals surface area contributed by atoms with Crippen molar-refractivity contribution in [3.63, 3.8) is 0 Å². The van der Waals surface area contributed by atoms with E-state index in [9.17, 15) is 37.6 Å². The number of nitrogens with one attached hydrogen (secondary N) is 3. The Morgan fingerprint density at radius 1 is 1.07 bits per heavy atom. The van der Waals surface area contributed by atoms with Gasteiger partial charge in [-0.3, -0.25) is 39.2 Å². The van der Waals surface area contributed by atoms with E-state index in [2.05, 4.69) is 44.6 Å². The lowest BCUT2D eigenvalue weighted by Gasteiger charge is -2.43. The molecule has 2 aromatic carbocycles. The van der Waals surface area contributed by atoms with Crippen LogP contribution >= 0.6 is 24.2 Å². The number of piperidine rings is 1. The quantitative estimate of drug-likeness (QED) is 0.131. The number of anilines is 4. The summed E-state index contributed by atoms with van der Waals surface area (Å²) in [6.07, 6.45) is -2.59. The predicted molar refractivity (Wildman–Crippen MR) is 224 cm³/mol. The van der Waals surface area contributed by atoms with Crippen molar-refractivity contribution in [2.24, 2.45) is 0 Å². The van der Waals surface area contributed by atoms with Crippen LogP contribution in [0.25, 0.3) is 0 Å². The van der Waals surface area contributed by atoms with Gasteiger partial charge >= 0.3 is 6.18 Å². The van der Waals surface area contributed by atoms with Crippen LogP contribution in [-0.2, 0) is 31.8 Å². The van der Waals surface area contributed by atoms with E-state index in [0.717, 1.165) is 22.7 Å². The Morgan fingerprint density at radius 3 is 2.45 bits per heavy atom. The fraction of sp³-hybridized carbons (Fsp3) is 0.463. The molecule has 0 saturated carbocycles. The van der Waals surface area contributed by atoms with E-state index in [1.165, 1.54) is 6.07 Å². The number of carbonyl (C=O) groups excluding carboxylic acids is 4. The van der Waals surface area contributed by atoms with Gasteiger partial charge < -0.3 is 20.3 Å². The number of thiol groups is 1. The minimum atomic E-state index is -4.85. The summed E-state index contributed by atoms with van der Waals surface area (Å²) in [5.41, 5.74) is -1.80. The lowest BCUT2D eigenvalue weighted by Crippen LogP contribution is -2.58. The Balaban J connectivity index is 1.04. The van der Waals surface area contributed by atoms with Crippen LogP contribution in [0.5, 0.6) is 5.75 Å². The summed E-state index contributed by atoms with van der Waals surface area (Å²) < 4.78 is 47.6. The monoisotopic (exact) mass is 869 g/mol. The predicted octanol–water partition coefficient (Wildman–Crippen LogP) is 5.66. The minimum Gasteiger partial charge on any atom is -0.492 e. The number of nitriles is 1. The highest BCUT2D eigenvalue weighted by molar-refractivity contribution is 7.81. The molecule has 6 rings (SSSR count). The summed E-state index contributed by atoms with van der Waals surface area (Å²) in [6, 6.07) is 12.3. The van der Waals surface area contributed by atoms with Gasteiger partial charge in [-0.1, -0.05) is 18.5 Å². The molecule has 3 aliphatic rings. The van der Waals surface area contributed by atoms with E-state index >= 15 is 0 Å². The molecule has 0 aliphatic carbocycles. The maximum absolute atomic E-state index is 13.8. The molecule has 320 valence electrons. The molecule has 3 aromatic rings. The second-order valence-corrected chi connectivity index (χ2v) is 16.6. The van der Waals surface area contributed by atoms with Crippen molar-refractivity contribution in [3.8, 4) is 11.8 Å². The summed E-state index contributed by atoms with van der Waals surface area (Å²) in [5, 5.41) is 17.9. The van der Waals surface area contributed by atoms with Gasteiger partial charge in [0.05, 0.1) is 24.0 Å². The molecule has 3 aliphatic heterocycles. The number of nitrogens with zero attached hydrogens (tertiary/aromatic N) is 6. The second kappa shape index (κ2) is 17.9. The van der Waals surface area contributed by atoms with E-state index in [1.807, 2.05) is 19.1 Å². The molecule has 14 nitrogen and oxygen atoms in total. The summed E-state index contributed by atoms with van der Waals surface area (Å²) in [7, 11) is 0. The number of rotatable bonds is 12. The van der Waals surface area contributed by atoms with E-state index in [-0.39, 0.29) is 42.6 Å². The Kier molecular flexibility index (Phi) is 13.2. The van der Waals surface area contributed by atoms with E-state index in [1.54, 1.807) is 43.0 Å². The van der Waals surface area contributed by atoms with Crippen LogP contribution in [0, 0.1) is 11.3 Å². The molecule has 3 fully saturated rings. The third kappa shape index (κ3) is 9.59. The molecule has 4 amide bonds. The third-order valence-corrected chi connectivity index (χ3v) is 11.7. The zero-order valence-electron chi connectivity index (χ0n) is 33.8. The standard InChI is InChI=1S/C41H47ClF3N9O5S/c1-6-25-13-29(54-39(60)53(38(58)40(54,4)5)30-17-31(41(43,44)45)33(18-46)47-19-30)7-9-34(25)59-12-11-51-20-24(3)52(21-23(51)2)22-36(56)49-28-15-26(42)14-27(16-28)48-32-8-10-35(55)50-37(32)57/h7,9,13-17,19,23-24,32,39,48,60H,6,8,10-12,20-22H2,1-5H3,(H,49,56)(H,50,55,57)/t23-,24-,32?,39+/m1/s1. The van der Waals surface area contributed by atoms with Gasteiger partial charge in [-0.2, -0.15) is 18.4 Å². The highest BCUT2D eigenvalue weighted by Gasteiger charge is 2.52. The molecular weight excluding hydrogens is 823 g/mol. The fourth-order valence-electron chi connectivity index (χ4n) is 7.87. The molecule has 3 N–H and O–H groups in total. The number of benzene rings is 2. The van der Waals surface area contributed by atoms with Gasteiger partial charge in [0.15, 0.2) is 11.2 Å². The van der Waals surface area contributed by atoms with Crippen molar-refractivity contribution < 1.29 is 37.1 Å². The first-order chi connectivity index (χ1) is 28.3. The average molecular weight is 870 g/mol. The topological polar surface area (TPSA) is 163 Å². The molecule has 60 heavy (non-hydrogen) atoms. The van der Waals surface area contributed by atoms with Gasteiger partial charge in [0.2, 0.25) is 17.7 Å². The van der Waals surface area contributed by atoms with Gasteiger partial charge in [-0.05, 0) is 88.6 Å². The van der Waals surface area contributed by atoms with E-state index < -0.39 is 46.3 Å². The van der Waals surface area contributed by atoms with Crippen LogP contribution in [0.3, 0.4) is 0 Å². The number of amides is 4. The first-order valence-corrected chi connectivity index (χ1v) is 20.4. The highest BCUT2D eigenvalue weighted by Crippen LogP contribution is 2.43. The SMILES string of the molecule is CCc1cc(N2[C@@H](S)N(c3cnc(C#N)c(C(F)(F)F)c3)C(=O)C2(C)C)ccc1OCCN1C[C@@H](C)N(CC(=O)Nc2cc(Cl)cc(NC3CCC(=O)NC3=O)c2)C[C@H]1C. The summed E-state index contributed by atoms with van der Waals surface area (Å²) >= 11 is 11.0. The summed E-state index contributed by atoms with van der Waals surface area (Å²) in [5.74, 6) is -0.754. The molecule has 0 bridgehead atoms. The number of carbonyl (C=O) groups is 4. The number of hydrogen-bond donors (Lipinski definition) is 4. The zero-order valence-corrected chi connectivity index (χ0v) is 35.4. The van der Waals surface area contributed by atoms with Crippen LogP contribution in [0.1, 0.15) is 64.3 Å². The van der Waals surface area contributed by atoms with Crippen molar-refractivity contribution in [1.82, 2.24) is 20.1 Å². The van der Waals surface area contributed by atoms with Gasteiger partial charge in [-0.25, -0.2) is 4.98 Å². The van der Waals surface area contributed by atoms with Gasteiger partial charge in [0.25, 0.3) is 5.91 Å². The summed E-state index contributed by atoms with van der Waals surface area (Å²) in [4.78, 5) is 61.7. The molecule has 1 unspecified atom stereocenters. The molecule has 19 heteroatoms. The largest absolute Gasteiger partial charge is 0.492 e. The van der Waals surface area contributed by atoms with Crippen molar-refractivity contribution in [2.75, 3.05) is 53.2 Å². The molecule has 4 atom stereocenters. The average Bonchev–Trinajstić information content (AvgIpc) is 3.35. The highest BCUT2D eigenvalue weighted by atomic mass is 35.5. The molecular formula is C41H47ClF3N9O5S. The Morgan fingerprint density at radius 2 is 1.77 bits per heavy atom. The summed E-state index contributed by atoms with van der Waals surface area (Å²) in [6.45, 7) is 12.0. The lowest BCUT2D eigenvalue weighted by molar-refractivity contribution is -0.138. The van der Waals surface area contributed by atoms with Crippen LogP contribution in [0.2, 0.25) is 5.02 Å². The number of halogens is 4. The first kappa shape index (κ1) is 44.5. The molecule has 4 heterocycles. The van der Waals surface area contributed by atoms with Crippen LogP contribution in [0.4, 0.5) is 35.9 Å². The van der Waals surface area contributed by atoms with Gasteiger partial charge in [0.1, 0.15) is 30.0 Å². The van der Waals surface area contributed by atoms with Crippen LogP contribution in [-0.4, -0.2) is 100 Å². The number of aryl methyl sites for hydroxylation is 1. The number of hydrogen-bond acceptors (Lipinski definition) is 12. The molecule has 3 saturated heterocycles. The van der Waals surface area contributed by atoms with Crippen LogP contribution in [0.15, 0.2) is 48.7 Å². The van der Waals surface area contributed by atoms with E-state index in [4.69, 9.17) is 29.0 Å². The second-order valence-electron chi connectivity index (χ2n) is 15.7. The smallest absolute Gasteiger partial charge is 0.419 e. The normalized spacial score (nSPS) is 22.4. The number of imide groups is 1. The van der Waals surface area contributed by atoms with Crippen molar-refractivity contribution in [3.05, 3.63) is 70.5 Å². The maximum Gasteiger partial charge on any atom is 0.419 e. The minimum absolute atomic E-state index is 0.0573. The lowest BCUT2D eigenvalue weighted by atomic mass is 10.0. The van der Waals surface area contributed by atoms with Gasteiger partial charge in [-0.15, -0.1) is 12.6 Å². The number of aromatic nitrogens is 1. The number of pyridine rings is 1. The van der Waals surface area contributed by atoms with Gasteiger partial charge in [0, 0.05) is 60.2 Å². The number of alkyl halides is 3. The molecule has 1 aromatic heterocycles. The van der Waals surface area contributed by atoms with Crippen molar-refractivity contribution in [1.29, 1.82) is 5.26 Å². The Labute approximate surface area is 356 Å². The zero-order chi connectivity index (χ0) is 43.7. The van der Waals surface area contributed by atoms with E-state index in [0.29, 0.717) is 66.9 Å². The Hall–Kier alpha value is -5.09. The van der Waals surface area contributed by atoms with Crippen molar-refractivity contribution >= 4 is 70.6 Å². The first-order valence-electron chi connectivity index (χ1n) is 19.5. The van der Waals surface area contributed by atoms with Crippen LogP contribution < -0.4 is 30.5 Å². The Bertz CT molecular complexity index is 2200. The third-order valence-electron chi connectivity index (χ3n) is 11.1. The van der Waals surface area contributed by atoms with Crippen molar-refractivity contribution in [2.45, 2.75) is 89.2 Å². The number of piperazine rings is 1. The molecule has 0 spiro atoms. The molecule has 0 radical (unpaired) electrons. The number of ether oxygens (including phenoxy) is 1.